The van der Waals surface area contributed by atoms with Crippen molar-refractivity contribution in [3.05, 3.63) is 94.0 Å². The zero-order valence-corrected chi connectivity index (χ0v) is 34.0. The van der Waals surface area contributed by atoms with Gasteiger partial charge in [0, 0.05) is 44.6 Å². The van der Waals surface area contributed by atoms with Crippen molar-refractivity contribution in [2.24, 2.45) is 0 Å². The summed E-state index contributed by atoms with van der Waals surface area (Å²) in [6.45, 7) is 3.86. The van der Waals surface area contributed by atoms with Gasteiger partial charge in [-0.15, -0.1) is 0 Å². The molecule has 58 heavy (non-hydrogen) atoms. The predicted octanol–water partition coefficient (Wildman–Crippen LogP) is 6.48. The number of hydrogen-bond donors (Lipinski definition) is 2. The Morgan fingerprint density at radius 1 is 0.621 bits per heavy atom. The highest BCUT2D eigenvalue weighted by Gasteiger charge is 2.34. The average Bonchev–Trinajstić information content (AvgIpc) is 3.20. The molecule has 0 saturated heterocycles. The quantitative estimate of drug-likeness (QED) is 0.203. The Morgan fingerprint density at radius 2 is 1.14 bits per heavy atom. The highest BCUT2D eigenvalue weighted by Crippen LogP contribution is 2.52. The fourth-order valence-corrected chi connectivity index (χ4v) is 7.28. The molecule has 0 aliphatic carbocycles. The van der Waals surface area contributed by atoms with Gasteiger partial charge in [0.15, 0.2) is 34.5 Å². The van der Waals surface area contributed by atoms with Crippen LogP contribution in [0.2, 0.25) is 0 Å². The topological polar surface area (TPSA) is 171 Å². The molecule has 308 valence electrons. The van der Waals surface area contributed by atoms with Gasteiger partial charge in [0.2, 0.25) is 17.3 Å². The molecule has 0 aromatic heterocycles. The summed E-state index contributed by atoms with van der Waals surface area (Å²) in [6, 6.07) is 21.2. The van der Waals surface area contributed by atoms with Crippen molar-refractivity contribution in [3.63, 3.8) is 0 Å². The van der Waals surface area contributed by atoms with Crippen LogP contribution in [0.5, 0.6) is 46.0 Å². The predicted molar refractivity (Wildman–Crippen MR) is 214 cm³/mol. The molecule has 6 bridgehead atoms. The third kappa shape index (κ3) is 9.69. The smallest absolute Gasteiger partial charge is 0.371 e. The van der Waals surface area contributed by atoms with Gasteiger partial charge in [0.1, 0.15) is 5.75 Å². The molecule has 4 aliphatic rings. The minimum absolute atomic E-state index is 0.000437. The van der Waals surface area contributed by atoms with E-state index < -0.39 is 23.5 Å². The van der Waals surface area contributed by atoms with Crippen molar-refractivity contribution in [3.8, 4) is 46.0 Å². The summed E-state index contributed by atoms with van der Waals surface area (Å²) in [6.07, 6.45) is 3.37. The molecule has 14 nitrogen and oxygen atoms in total. The normalized spacial score (nSPS) is 16.8. The Hall–Kier alpha value is -6.12. The summed E-state index contributed by atoms with van der Waals surface area (Å²) in [7, 11) is 11.1. The van der Waals surface area contributed by atoms with Crippen LogP contribution in [0, 0.1) is 0 Å². The second-order valence-electron chi connectivity index (χ2n) is 14.2. The number of likely N-dealkylation sites (N-methyl/N-ethyl adjacent to an activating group) is 2. The van der Waals surface area contributed by atoms with Gasteiger partial charge in [-0.25, -0.2) is 9.59 Å². The van der Waals surface area contributed by atoms with Crippen molar-refractivity contribution in [1.82, 2.24) is 9.80 Å². The highest BCUT2D eigenvalue weighted by atomic mass is 16.5. The van der Waals surface area contributed by atoms with Crippen LogP contribution < -0.4 is 28.4 Å². The second kappa shape index (κ2) is 18.9. The number of carboxylic acids is 2. The van der Waals surface area contributed by atoms with Crippen molar-refractivity contribution in [2.45, 2.75) is 51.6 Å². The summed E-state index contributed by atoms with van der Waals surface area (Å²) in [5.74, 6) is 1.00. The summed E-state index contributed by atoms with van der Waals surface area (Å²) >= 11 is 0. The Bertz CT molecular complexity index is 2120. The van der Waals surface area contributed by atoms with E-state index in [1.807, 2.05) is 18.2 Å². The van der Waals surface area contributed by atoms with Crippen LogP contribution in [0.3, 0.4) is 0 Å². The van der Waals surface area contributed by atoms with E-state index in [0.29, 0.717) is 40.2 Å². The van der Waals surface area contributed by atoms with Crippen LogP contribution in [0.1, 0.15) is 59.3 Å². The largest absolute Gasteiger partial charge is 0.493 e. The van der Waals surface area contributed by atoms with Crippen molar-refractivity contribution in [1.29, 1.82) is 0 Å². The van der Waals surface area contributed by atoms with Gasteiger partial charge in [-0.05, 0) is 110 Å². The van der Waals surface area contributed by atoms with E-state index in [9.17, 15) is 19.2 Å². The van der Waals surface area contributed by atoms with E-state index in [1.54, 1.807) is 28.4 Å². The number of methoxy groups -OCH3 is 4. The van der Waals surface area contributed by atoms with Gasteiger partial charge in [-0.3, -0.25) is 19.4 Å². The van der Waals surface area contributed by atoms with Crippen LogP contribution in [0.25, 0.3) is 0 Å². The zero-order chi connectivity index (χ0) is 42.3. The Labute approximate surface area is 337 Å². The molecule has 0 spiro atoms. The van der Waals surface area contributed by atoms with Gasteiger partial charge in [-0.1, -0.05) is 18.2 Å². The van der Waals surface area contributed by atoms with E-state index in [-0.39, 0.29) is 12.1 Å². The molecular formula is C44H50N2O12. The summed E-state index contributed by atoms with van der Waals surface area (Å²) in [4.78, 5) is 42.6. The molecule has 0 radical (unpaired) electrons. The number of ketones is 2. The second-order valence-corrected chi connectivity index (χ2v) is 14.2. The molecule has 0 saturated carbocycles. The van der Waals surface area contributed by atoms with Crippen LogP contribution in [0.15, 0.2) is 60.7 Å². The van der Waals surface area contributed by atoms with Crippen LogP contribution in [-0.4, -0.2) is 99.1 Å². The van der Waals surface area contributed by atoms with Crippen molar-refractivity contribution < 1.29 is 57.8 Å². The number of fused-ring (bicyclic) bond motifs is 2. The monoisotopic (exact) mass is 798 g/mol. The molecule has 2 N–H and O–H groups in total. The van der Waals surface area contributed by atoms with Crippen molar-refractivity contribution >= 4 is 23.5 Å². The standard InChI is InChI=1S/C38H42N2O6.2C3H4O3/c1-39-15-13-25-20-32(42-4)34-22-28(25)29(39)17-23-7-10-27(11-8-23)45-33-19-24(9-12-31(33)41-3)18-30-36-26(14-16-40(30)2)21-35(43-5)37(44-6)38(36)46-34;2*1-2(4)3(5)6/h7-12,19-22,29-30H,13-18H2,1-6H3;2*1H3,(H,5,6)/t29-,30-;;/m0../s1. The van der Waals surface area contributed by atoms with E-state index in [0.717, 1.165) is 69.5 Å². The number of nitrogens with zero attached hydrogens (tertiary/aromatic N) is 2. The molecule has 2 atom stereocenters. The van der Waals surface area contributed by atoms with E-state index in [4.69, 9.17) is 38.6 Å². The number of carbonyl (C=O) groups is 4. The Kier molecular flexibility index (Phi) is 14.0. The summed E-state index contributed by atoms with van der Waals surface area (Å²) in [5, 5.41) is 15.3. The van der Waals surface area contributed by atoms with Gasteiger partial charge in [0.25, 0.3) is 0 Å². The molecular weight excluding hydrogens is 748 g/mol. The lowest BCUT2D eigenvalue weighted by atomic mass is 9.87. The first-order valence-corrected chi connectivity index (χ1v) is 18.7. The maximum atomic E-state index is 9.54. The number of aliphatic carboxylic acids is 2. The number of Topliss-reactive ketones (excluding diaryl/α,β-unsaturated/α-hetero) is 2. The first kappa shape index (κ1) is 43.0. The lowest BCUT2D eigenvalue weighted by Crippen LogP contribution is -2.34. The number of ether oxygens (including phenoxy) is 6. The number of carboxylic acid groups (broad SMARTS) is 2. The Morgan fingerprint density at radius 3 is 1.71 bits per heavy atom. The highest BCUT2D eigenvalue weighted by molar-refractivity contribution is 6.31. The molecule has 4 heterocycles. The van der Waals surface area contributed by atoms with Gasteiger partial charge in [0.05, 0.1) is 28.4 Å². The average molecular weight is 799 g/mol. The molecule has 14 heteroatoms. The van der Waals surface area contributed by atoms with E-state index in [1.165, 1.54) is 22.3 Å². The van der Waals surface area contributed by atoms with Gasteiger partial charge < -0.3 is 38.6 Å². The summed E-state index contributed by atoms with van der Waals surface area (Å²) in [5.41, 5.74) is 7.15. The number of hydrogen-bond acceptors (Lipinski definition) is 12. The van der Waals surface area contributed by atoms with Crippen LogP contribution in [-0.2, 0) is 44.9 Å². The van der Waals surface area contributed by atoms with Gasteiger partial charge in [-0.2, -0.15) is 0 Å². The number of carbonyl (C=O) groups excluding carboxylic acids is 2. The molecule has 4 aliphatic heterocycles. The van der Waals surface area contributed by atoms with E-state index >= 15 is 0 Å². The molecule has 4 aromatic rings. The molecule has 4 aromatic carbocycles. The third-order valence-corrected chi connectivity index (χ3v) is 10.5. The SMILES string of the molecule is CC(=O)C(=O)O.CC(=O)C(=O)O.COc1ccc2cc1Oc1ccc(cc1)C[C@H]1c3cc(c(OC)cc3CCN1C)Oc1c(OC)c(OC)cc3c1[C@H](C2)N(C)CC3. The maximum absolute atomic E-state index is 9.54. The third-order valence-electron chi connectivity index (χ3n) is 10.5. The fraction of sp³-hybridized carbons (Fsp3) is 0.364. The van der Waals surface area contributed by atoms with Crippen LogP contribution in [0.4, 0.5) is 0 Å². The first-order chi connectivity index (χ1) is 27.7. The van der Waals surface area contributed by atoms with E-state index in [2.05, 4.69) is 66.4 Å². The van der Waals surface area contributed by atoms with Gasteiger partial charge >= 0.3 is 11.9 Å². The number of benzene rings is 4. The fourth-order valence-electron chi connectivity index (χ4n) is 7.28. The minimum Gasteiger partial charge on any atom is -0.493 e. The molecule has 0 unspecified atom stereocenters. The molecule has 8 rings (SSSR count). The summed E-state index contributed by atoms with van der Waals surface area (Å²) < 4.78 is 37.1. The maximum Gasteiger partial charge on any atom is 0.371 e. The van der Waals surface area contributed by atoms with Crippen LogP contribution >= 0.6 is 0 Å². The zero-order valence-electron chi connectivity index (χ0n) is 34.0. The Balaban J connectivity index is 0.000000468. The first-order valence-electron chi connectivity index (χ1n) is 18.7. The van der Waals surface area contributed by atoms with Crippen molar-refractivity contribution in [2.75, 3.05) is 55.6 Å². The minimum atomic E-state index is -1.38. The molecule has 0 fully saturated rings. The lowest BCUT2D eigenvalue weighted by molar-refractivity contribution is -0.148. The number of rotatable bonds is 6. The lowest BCUT2D eigenvalue weighted by Gasteiger charge is -2.37. The molecule has 0 amide bonds.